The van der Waals surface area contributed by atoms with E-state index in [4.69, 9.17) is 14.6 Å². The van der Waals surface area contributed by atoms with Gasteiger partial charge in [0.2, 0.25) is 0 Å². The van der Waals surface area contributed by atoms with Gasteiger partial charge >= 0.3 is 5.97 Å². The number of carboxylic acids is 1. The molecule has 0 unspecified atom stereocenters. The van der Waals surface area contributed by atoms with Crippen molar-refractivity contribution in [3.63, 3.8) is 0 Å². The molecule has 0 spiro atoms. The van der Waals surface area contributed by atoms with Crippen LogP contribution in [0.5, 0.6) is 11.5 Å². The number of likely N-dealkylation sites (tertiary alicyclic amines) is 1. The Bertz CT molecular complexity index is 784. The first-order valence-electron chi connectivity index (χ1n) is 7.39. The van der Waals surface area contributed by atoms with E-state index in [1.165, 1.54) is 10.7 Å². The van der Waals surface area contributed by atoms with E-state index in [0.717, 1.165) is 23.1 Å². The molecule has 0 aliphatic carbocycles. The van der Waals surface area contributed by atoms with Crippen LogP contribution in [0.1, 0.15) is 10.5 Å². The van der Waals surface area contributed by atoms with Crippen LogP contribution >= 0.6 is 15.9 Å². The molecule has 0 saturated carbocycles. The Morgan fingerprint density at radius 1 is 1.33 bits per heavy atom. The lowest BCUT2D eigenvalue weighted by molar-refractivity contribution is 0.0373. The lowest BCUT2D eigenvalue weighted by Crippen LogP contribution is -2.51. The van der Waals surface area contributed by atoms with Crippen LogP contribution in [0, 0.1) is 0 Å². The Morgan fingerprint density at radius 3 is 2.58 bits per heavy atom. The lowest BCUT2D eigenvalue weighted by atomic mass is 10.1. The van der Waals surface area contributed by atoms with E-state index in [2.05, 4.69) is 25.9 Å². The van der Waals surface area contributed by atoms with Crippen molar-refractivity contribution in [2.75, 3.05) is 27.2 Å². The first-order valence-corrected chi connectivity index (χ1v) is 8.18. The standard InChI is InChI=1S/C16H18BrN3O4/c1-19-7-10(8-19)24-15-11(4-9(17)5-14(15)23-3)13-6-12(16(21)22)18-20(13)2/h4-6,10H,7-8H2,1-3H3,(H,21,22). The quantitative estimate of drug-likeness (QED) is 0.836. The van der Waals surface area contributed by atoms with Crippen LogP contribution in [0.25, 0.3) is 11.3 Å². The second kappa shape index (κ2) is 6.45. The maximum atomic E-state index is 11.2. The summed E-state index contributed by atoms with van der Waals surface area (Å²) in [4.78, 5) is 13.4. The van der Waals surface area contributed by atoms with Gasteiger partial charge in [0.05, 0.1) is 12.8 Å². The first kappa shape index (κ1) is 16.8. The van der Waals surface area contributed by atoms with E-state index < -0.39 is 5.97 Å². The van der Waals surface area contributed by atoms with Crippen molar-refractivity contribution >= 4 is 21.9 Å². The molecule has 0 radical (unpaired) electrons. The van der Waals surface area contributed by atoms with Gasteiger partial charge in [-0.25, -0.2) is 4.79 Å². The number of carbonyl (C=O) groups is 1. The normalized spacial score (nSPS) is 15.2. The number of rotatable bonds is 5. The third kappa shape index (κ3) is 3.11. The average molecular weight is 396 g/mol. The molecule has 1 aromatic heterocycles. The molecule has 1 fully saturated rings. The van der Waals surface area contributed by atoms with Gasteiger partial charge < -0.3 is 14.6 Å². The molecule has 3 rings (SSSR count). The number of hydrogen-bond donors (Lipinski definition) is 1. The lowest BCUT2D eigenvalue weighted by Gasteiger charge is -2.36. The van der Waals surface area contributed by atoms with Crippen LogP contribution in [0.15, 0.2) is 22.7 Å². The number of likely N-dealkylation sites (N-methyl/N-ethyl adjacent to an activating group) is 1. The van der Waals surface area contributed by atoms with E-state index >= 15 is 0 Å². The molecule has 1 N–H and O–H groups in total. The molecular formula is C16H18BrN3O4. The summed E-state index contributed by atoms with van der Waals surface area (Å²) in [5, 5.41) is 13.2. The number of nitrogens with zero attached hydrogens (tertiary/aromatic N) is 3. The number of halogens is 1. The third-order valence-electron chi connectivity index (χ3n) is 3.93. The first-order chi connectivity index (χ1) is 11.4. The Labute approximate surface area is 147 Å². The van der Waals surface area contributed by atoms with Crippen LogP contribution in [-0.4, -0.2) is 59.1 Å². The summed E-state index contributed by atoms with van der Waals surface area (Å²) in [6.45, 7) is 1.68. The Balaban J connectivity index is 2.08. The molecule has 1 aliphatic heterocycles. The van der Waals surface area contributed by atoms with Gasteiger partial charge in [0.1, 0.15) is 6.10 Å². The second-order valence-electron chi connectivity index (χ2n) is 5.79. The summed E-state index contributed by atoms with van der Waals surface area (Å²) in [5.41, 5.74) is 1.37. The predicted molar refractivity (Wildman–Crippen MR) is 91.8 cm³/mol. The van der Waals surface area contributed by atoms with Crippen LogP contribution in [0.3, 0.4) is 0 Å². The molecular weight excluding hydrogens is 378 g/mol. The number of hydrogen-bond acceptors (Lipinski definition) is 5. The van der Waals surface area contributed by atoms with Crippen molar-refractivity contribution < 1.29 is 19.4 Å². The van der Waals surface area contributed by atoms with Crippen LogP contribution in [0.2, 0.25) is 0 Å². The zero-order valence-corrected chi connectivity index (χ0v) is 15.2. The maximum Gasteiger partial charge on any atom is 0.356 e. The molecule has 0 bridgehead atoms. The molecule has 0 atom stereocenters. The molecule has 2 heterocycles. The van der Waals surface area contributed by atoms with Crippen molar-refractivity contribution in [2.24, 2.45) is 7.05 Å². The Kier molecular flexibility index (Phi) is 4.51. The summed E-state index contributed by atoms with van der Waals surface area (Å²) >= 11 is 3.46. The molecule has 7 nitrogen and oxygen atoms in total. The molecule has 1 aromatic carbocycles. The number of aryl methyl sites for hydroxylation is 1. The van der Waals surface area contributed by atoms with Crippen molar-refractivity contribution in [1.29, 1.82) is 0 Å². The molecule has 2 aromatic rings. The number of aromatic nitrogens is 2. The highest BCUT2D eigenvalue weighted by Crippen LogP contribution is 2.42. The number of carboxylic acid groups (broad SMARTS) is 1. The van der Waals surface area contributed by atoms with Crippen molar-refractivity contribution in [2.45, 2.75) is 6.10 Å². The SMILES string of the molecule is COc1cc(Br)cc(-c2cc(C(=O)O)nn2C)c1OC1CN(C)C1. The third-order valence-corrected chi connectivity index (χ3v) is 4.39. The van der Waals surface area contributed by atoms with Gasteiger partial charge in [0, 0.05) is 30.2 Å². The Morgan fingerprint density at radius 2 is 2.04 bits per heavy atom. The van der Waals surface area contributed by atoms with Gasteiger partial charge in [-0.2, -0.15) is 5.10 Å². The topological polar surface area (TPSA) is 76.8 Å². The van der Waals surface area contributed by atoms with E-state index in [1.807, 2.05) is 19.2 Å². The Hall–Kier alpha value is -2.06. The van der Waals surface area contributed by atoms with Gasteiger partial charge in [0.25, 0.3) is 0 Å². The molecule has 1 saturated heterocycles. The summed E-state index contributed by atoms with van der Waals surface area (Å²) in [6, 6.07) is 5.24. The van der Waals surface area contributed by atoms with Crippen LogP contribution in [-0.2, 0) is 7.05 Å². The van der Waals surface area contributed by atoms with Gasteiger partial charge in [-0.15, -0.1) is 0 Å². The zero-order valence-electron chi connectivity index (χ0n) is 13.6. The van der Waals surface area contributed by atoms with E-state index in [-0.39, 0.29) is 11.8 Å². The fourth-order valence-corrected chi connectivity index (χ4v) is 3.18. The van der Waals surface area contributed by atoms with Crippen LogP contribution in [0.4, 0.5) is 0 Å². The highest BCUT2D eigenvalue weighted by atomic mass is 79.9. The predicted octanol–water partition coefficient (Wildman–Crippen LogP) is 2.25. The van der Waals surface area contributed by atoms with Crippen LogP contribution < -0.4 is 9.47 Å². The van der Waals surface area contributed by atoms with Gasteiger partial charge in [0.15, 0.2) is 17.2 Å². The molecule has 8 heteroatoms. The average Bonchev–Trinajstić information content (AvgIpc) is 2.88. The highest BCUT2D eigenvalue weighted by molar-refractivity contribution is 9.10. The minimum Gasteiger partial charge on any atom is -0.493 e. The van der Waals surface area contributed by atoms with Crippen molar-refractivity contribution in [3.05, 3.63) is 28.4 Å². The minimum atomic E-state index is -1.07. The summed E-state index contributed by atoms with van der Waals surface area (Å²) in [7, 11) is 5.31. The minimum absolute atomic E-state index is 0.0132. The summed E-state index contributed by atoms with van der Waals surface area (Å²) in [6.07, 6.45) is 0.0796. The monoisotopic (exact) mass is 395 g/mol. The molecule has 0 amide bonds. The number of ether oxygens (including phenoxy) is 2. The van der Waals surface area contributed by atoms with Gasteiger partial charge in [-0.3, -0.25) is 9.58 Å². The number of methoxy groups -OCH3 is 1. The van der Waals surface area contributed by atoms with Crippen molar-refractivity contribution in [3.8, 4) is 22.8 Å². The zero-order chi connectivity index (χ0) is 17.4. The molecule has 24 heavy (non-hydrogen) atoms. The summed E-state index contributed by atoms with van der Waals surface area (Å²) < 4.78 is 13.9. The van der Waals surface area contributed by atoms with E-state index in [0.29, 0.717) is 17.2 Å². The second-order valence-corrected chi connectivity index (χ2v) is 6.71. The number of aromatic carboxylic acids is 1. The van der Waals surface area contributed by atoms with E-state index in [1.54, 1.807) is 14.2 Å². The highest BCUT2D eigenvalue weighted by Gasteiger charge is 2.28. The molecule has 128 valence electrons. The number of benzene rings is 1. The van der Waals surface area contributed by atoms with Gasteiger partial charge in [-0.05, 0) is 25.2 Å². The largest absolute Gasteiger partial charge is 0.493 e. The maximum absolute atomic E-state index is 11.2. The fourth-order valence-electron chi connectivity index (χ4n) is 2.74. The molecule has 1 aliphatic rings. The van der Waals surface area contributed by atoms with E-state index in [9.17, 15) is 4.79 Å². The van der Waals surface area contributed by atoms with Crippen molar-refractivity contribution in [1.82, 2.24) is 14.7 Å². The fraction of sp³-hybridized carbons (Fsp3) is 0.375. The van der Waals surface area contributed by atoms with Gasteiger partial charge in [-0.1, -0.05) is 15.9 Å². The smallest absolute Gasteiger partial charge is 0.356 e. The summed E-state index contributed by atoms with van der Waals surface area (Å²) in [5.74, 6) is 0.118.